The minimum Gasteiger partial charge on any atom is -0.490 e. The van der Waals surface area contributed by atoms with E-state index in [9.17, 15) is 4.79 Å². The summed E-state index contributed by atoms with van der Waals surface area (Å²) in [6.07, 6.45) is -0.299. The molecule has 2 aromatic rings. The standard InChI is InChI=1S/C18H20N2O3/c1-3-22-15-10-9-12(11-16(15)23-4-2)17-19-14-8-6-5-7-13(14)18(21)20-17/h5-11,17,19H,3-4H2,1-2H3,(H,20,21)/t17-/m1/s1. The Kier molecular flexibility index (Phi) is 4.37. The van der Waals surface area contributed by atoms with Gasteiger partial charge in [0.05, 0.1) is 18.8 Å². The predicted octanol–water partition coefficient (Wildman–Crippen LogP) is 3.34. The van der Waals surface area contributed by atoms with Crippen molar-refractivity contribution in [3.63, 3.8) is 0 Å². The minimum absolute atomic E-state index is 0.0869. The van der Waals surface area contributed by atoms with Crippen LogP contribution in [0.1, 0.15) is 35.9 Å². The van der Waals surface area contributed by atoms with Crippen molar-refractivity contribution in [2.75, 3.05) is 18.5 Å². The number of carbonyl (C=O) groups excluding carboxylic acids is 1. The van der Waals surface area contributed by atoms with Gasteiger partial charge in [-0.15, -0.1) is 0 Å². The Bertz CT molecular complexity index is 715. The molecule has 0 unspecified atom stereocenters. The van der Waals surface area contributed by atoms with Crippen LogP contribution in [0.15, 0.2) is 42.5 Å². The molecule has 1 aliphatic heterocycles. The molecule has 1 amide bonds. The van der Waals surface area contributed by atoms with Gasteiger partial charge in [-0.3, -0.25) is 4.79 Å². The van der Waals surface area contributed by atoms with Gasteiger partial charge in [0.25, 0.3) is 5.91 Å². The maximum atomic E-state index is 12.2. The molecule has 120 valence electrons. The highest BCUT2D eigenvalue weighted by Crippen LogP contribution is 2.33. The quantitative estimate of drug-likeness (QED) is 0.889. The summed E-state index contributed by atoms with van der Waals surface area (Å²) in [4.78, 5) is 12.2. The van der Waals surface area contributed by atoms with Gasteiger partial charge in [-0.05, 0) is 43.7 Å². The van der Waals surface area contributed by atoms with Crippen molar-refractivity contribution in [2.45, 2.75) is 20.0 Å². The number of fused-ring (bicyclic) bond motifs is 1. The summed E-state index contributed by atoms with van der Waals surface area (Å²) in [5, 5.41) is 6.30. The van der Waals surface area contributed by atoms with Crippen LogP contribution in [-0.4, -0.2) is 19.1 Å². The molecule has 0 spiro atoms. The van der Waals surface area contributed by atoms with Crippen molar-refractivity contribution in [1.29, 1.82) is 0 Å². The number of hydrogen-bond donors (Lipinski definition) is 2. The molecule has 5 heteroatoms. The summed E-state index contributed by atoms with van der Waals surface area (Å²) >= 11 is 0. The Morgan fingerprint density at radius 3 is 2.48 bits per heavy atom. The van der Waals surface area contributed by atoms with Crippen molar-refractivity contribution < 1.29 is 14.3 Å². The predicted molar refractivity (Wildman–Crippen MR) is 89.1 cm³/mol. The molecule has 2 aromatic carbocycles. The lowest BCUT2D eigenvalue weighted by Crippen LogP contribution is -2.38. The van der Waals surface area contributed by atoms with Gasteiger partial charge in [0, 0.05) is 5.69 Å². The molecule has 3 rings (SSSR count). The zero-order valence-corrected chi connectivity index (χ0v) is 13.3. The molecule has 5 nitrogen and oxygen atoms in total. The molecule has 0 radical (unpaired) electrons. The van der Waals surface area contributed by atoms with Crippen molar-refractivity contribution in [1.82, 2.24) is 5.32 Å². The van der Waals surface area contributed by atoms with Gasteiger partial charge >= 0.3 is 0 Å². The van der Waals surface area contributed by atoms with E-state index in [0.717, 1.165) is 11.3 Å². The second-order valence-electron chi connectivity index (χ2n) is 5.17. The summed E-state index contributed by atoms with van der Waals surface area (Å²) in [7, 11) is 0. The second kappa shape index (κ2) is 6.60. The topological polar surface area (TPSA) is 59.6 Å². The number of rotatable bonds is 5. The van der Waals surface area contributed by atoms with E-state index in [1.807, 2.05) is 50.2 Å². The van der Waals surface area contributed by atoms with Crippen LogP contribution in [0.3, 0.4) is 0 Å². The van der Waals surface area contributed by atoms with Crippen molar-refractivity contribution in [2.24, 2.45) is 0 Å². The molecule has 23 heavy (non-hydrogen) atoms. The van der Waals surface area contributed by atoms with E-state index >= 15 is 0 Å². The average molecular weight is 312 g/mol. The van der Waals surface area contributed by atoms with Crippen LogP contribution in [0.5, 0.6) is 11.5 Å². The molecular weight excluding hydrogens is 292 g/mol. The van der Waals surface area contributed by atoms with Crippen LogP contribution in [0.25, 0.3) is 0 Å². The van der Waals surface area contributed by atoms with Gasteiger partial charge in [-0.1, -0.05) is 18.2 Å². The minimum atomic E-state index is -0.299. The maximum Gasteiger partial charge on any atom is 0.255 e. The first-order valence-electron chi connectivity index (χ1n) is 7.79. The molecule has 0 saturated carbocycles. The monoisotopic (exact) mass is 312 g/mol. The molecule has 1 atom stereocenters. The Morgan fingerprint density at radius 1 is 0.957 bits per heavy atom. The fraction of sp³-hybridized carbons (Fsp3) is 0.278. The molecular formula is C18H20N2O3. The smallest absolute Gasteiger partial charge is 0.255 e. The van der Waals surface area contributed by atoms with E-state index < -0.39 is 0 Å². The van der Waals surface area contributed by atoms with Gasteiger partial charge in [0.2, 0.25) is 0 Å². The van der Waals surface area contributed by atoms with E-state index in [-0.39, 0.29) is 12.1 Å². The van der Waals surface area contributed by atoms with Crippen molar-refractivity contribution in [3.05, 3.63) is 53.6 Å². The number of para-hydroxylation sites is 1. The SMILES string of the molecule is CCOc1ccc([C@H]2NC(=O)c3ccccc3N2)cc1OCC. The van der Waals surface area contributed by atoms with E-state index in [1.54, 1.807) is 6.07 Å². The third-order valence-electron chi connectivity index (χ3n) is 3.65. The van der Waals surface area contributed by atoms with Gasteiger partial charge in [-0.25, -0.2) is 0 Å². The molecule has 1 aliphatic rings. The van der Waals surface area contributed by atoms with Gasteiger partial charge in [-0.2, -0.15) is 0 Å². The first kappa shape index (κ1) is 15.2. The molecule has 0 fully saturated rings. The number of carbonyl (C=O) groups is 1. The van der Waals surface area contributed by atoms with Crippen LogP contribution in [-0.2, 0) is 0 Å². The fourth-order valence-corrected chi connectivity index (χ4v) is 2.62. The molecule has 2 N–H and O–H groups in total. The number of anilines is 1. The largest absolute Gasteiger partial charge is 0.490 e. The van der Waals surface area contributed by atoms with Crippen LogP contribution < -0.4 is 20.1 Å². The van der Waals surface area contributed by atoms with Crippen LogP contribution in [0, 0.1) is 0 Å². The number of amides is 1. The molecule has 1 heterocycles. The maximum absolute atomic E-state index is 12.2. The van der Waals surface area contributed by atoms with Crippen molar-refractivity contribution in [3.8, 4) is 11.5 Å². The molecule has 0 aliphatic carbocycles. The molecule has 0 aromatic heterocycles. The Morgan fingerprint density at radius 2 is 1.70 bits per heavy atom. The first-order chi connectivity index (χ1) is 11.2. The fourth-order valence-electron chi connectivity index (χ4n) is 2.62. The summed E-state index contributed by atoms with van der Waals surface area (Å²) in [6.45, 7) is 4.99. The lowest BCUT2D eigenvalue weighted by Gasteiger charge is -2.28. The van der Waals surface area contributed by atoms with Crippen LogP contribution in [0.2, 0.25) is 0 Å². The number of hydrogen-bond acceptors (Lipinski definition) is 4. The molecule has 0 saturated heterocycles. The van der Waals surface area contributed by atoms with Crippen LogP contribution in [0.4, 0.5) is 5.69 Å². The lowest BCUT2D eigenvalue weighted by atomic mass is 10.1. The van der Waals surface area contributed by atoms with Gasteiger partial charge < -0.3 is 20.1 Å². The first-order valence-corrected chi connectivity index (χ1v) is 7.79. The van der Waals surface area contributed by atoms with Crippen LogP contribution >= 0.6 is 0 Å². The zero-order chi connectivity index (χ0) is 16.2. The summed E-state index contributed by atoms with van der Waals surface area (Å²) < 4.78 is 11.2. The van der Waals surface area contributed by atoms with Crippen molar-refractivity contribution >= 4 is 11.6 Å². The Labute approximate surface area is 135 Å². The Balaban J connectivity index is 1.90. The highest BCUT2D eigenvalue weighted by atomic mass is 16.5. The van der Waals surface area contributed by atoms with E-state index in [0.29, 0.717) is 30.3 Å². The summed E-state index contributed by atoms with van der Waals surface area (Å²) in [5.74, 6) is 1.30. The molecule has 0 bridgehead atoms. The normalized spacial score (nSPS) is 16.1. The third kappa shape index (κ3) is 3.08. The second-order valence-corrected chi connectivity index (χ2v) is 5.17. The number of benzene rings is 2. The average Bonchev–Trinajstić information content (AvgIpc) is 2.57. The van der Waals surface area contributed by atoms with Gasteiger partial charge in [0.15, 0.2) is 11.5 Å². The highest BCUT2D eigenvalue weighted by molar-refractivity contribution is 6.01. The zero-order valence-electron chi connectivity index (χ0n) is 13.3. The van der Waals surface area contributed by atoms with E-state index in [2.05, 4.69) is 10.6 Å². The highest BCUT2D eigenvalue weighted by Gasteiger charge is 2.24. The van der Waals surface area contributed by atoms with Gasteiger partial charge in [0.1, 0.15) is 6.17 Å². The summed E-state index contributed by atoms with van der Waals surface area (Å²) in [5.41, 5.74) is 2.40. The number of nitrogens with one attached hydrogen (secondary N) is 2. The number of ether oxygens (including phenoxy) is 2. The van der Waals surface area contributed by atoms with E-state index in [4.69, 9.17) is 9.47 Å². The van der Waals surface area contributed by atoms with E-state index in [1.165, 1.54) is 0 Å². The summed E-state index contributed by atoms with van der Waals surface area (Å²) in [6, 6.07) is 13.2. The Hall–Kier alpha value is -2.69. The third-order valence-corrected chi connectivity index (χ3v) is 3.65. The lowest BCUT2D eigenvalue weighted by molar-refractivity contribution is 0.0935.